The highest BCUT2D eigenvalue weighted by Gasteiger charge is 2.25. The van der Waals surface area contributed by atoms with Gasteiger partial charge in [-0.05, 0) is 19.9 Å². The van der Waals surface area contributed by atoms with E-state index in [2.05, 4.69) is 19.5 Å². The number of pyridine rings is 1. The van der Waals surface area contributed by atoms with E-state index in [4.69, 9.17) is 5.11 Å². The molecule has 2 heterocycles. The van der Waals surface area contributed by atoms with Crippen molar-refractivity contribution in [2.75, 3.05) is 44.2 Å². The van der Waals surface area contributed by atoms with Gasteiger partial charge in [0.05, 0.1) is 12.3 Å². The first kappa shape index (κ1) is 17.1. The van der Waals surface area contributed by atoms with Crippen LogP contribution in [0.3, 0.4) is 0 Å². The number of β-amino-alcohol motifs (C(OH)–C–C–N with tert-alkyl or cyclic N) is 1. The Kier molecular flexibility index (Phi) is 5.74. The second-order valence-electron chi connectivity index (χ2n) is 5.67. The molecule has 0 saturated carbocycles. The van der Waals surface area contributed by atoms with Crippen molar-refractivity contribution in [2.45, 2.75) is 24.8 Å². The first-order chi connectivity index (χ1) is 10.4. The smallest absolute Gasteiger partial charge is 0.244 e. The van der Waals surface area contributed by atoms with Crippen LogP contribution in [-0.2, 0) is 10.0 Å². The number of aliphatic hydroxyl groups excluding tert-OH is 1. The van der Waals surface area contributed by atoms with Crippen LogP contribution in [0.2, 0.25) is 0 Å². The summed E-state index contributed by atoms with van der Waals surface area (Å²) in [6.07, 6.45) is 3.02. The van der Waals surface area contributed by atoms with Gasteiger partial charge in [-0.25, -0.2) is 13.1 Å². The minimum Gasteiger partial charge on any atom is -0.395 e. The molecule has 1 saturated heterocycles. The number of hydrogen-bond donors (Lipinski definition) is 2. The monoisotopic (exact) mass is 328 g/mol. The van der Waals surface area contributed by atoms with Crippen LogP contribution >= 0.6 is 0 Å². The van der Waals surface area contributed by atoms with Crippen molar-refractivity contribution in [2.24, 2.45) is 0 Å². The molecule has 0 aliphatic carbocycles. The van der Waals surface area contributed by atoms with Gasteiger partial charge >= 0.3 is 0 Å². The topological polar surface area (TPSA) is 85.8 Å². The van der Waals surface area contributed by atoms with Crippen LogP contribution in [0.1, 0.15) is 13.8 Å². The van der Waals surface area contributed by atoms with E-state index in [-0.39, 0.29) is 17.5 Å². The lowest BCUT2D eigenvalue weighted by Gasteiger charge is -2.36. The fourth-order valence-corrected chi connectivity index (χ4v) is 3.99. The van der Waals surface area contributed by atoms with Gasteiger partial charge < -0.3 is 10.0 Å². The maximum atomic E-state index is 12.5. The summed E-state index contributed by atoms with van der Waals surface area (Å²) in [5.74, 6) is 0. The van der Waals surface area contributed by atoms with E-state index in [9.17, 15) is 8.42 Å². The van der Waals surface area contributed by atoms with E-state index in [0.29, 0.717) is 12.2 Å². The van der Waals surface area contributed by atoms with Gasteiger partial charge in [0.1, 0.15) is 4.90 Å². The van der Waals surface area contributed by atoms with Crippen molar-refractivity contribution >= 4 is 15.7 Å². The maximum Gasteiger partial charge on any atom is 0.244 e. The van der Waals surface area contributed by atoms with Crippen LogP contribution in [0, 0.1) is 0 Å². The molecule has 0 radical (unpaired) electrons. The van der Waals surface area contributed by atoms with Gasteiger partial charge in [-0.1, -0.05) is 0 Å². The standard InChI is InChI=1S/C14H24N4O3S/c1-12(2)16-22(20,21)14-11-15-4-3-13(14)18-7-5-17(6-8-18)9-10-19/h3-4,11-12,16,19H,5-10H2,1-2H3. The number of sulfonamides is 1. The summed E-state index contributed by atoms with van der Waals surface area (Å²) < 4.78 is 27.5. The Morgan fingerprint density at radius 2 is 2.00 bits per heavy atom. The molecule has 22 heavy (non-hydrogen) atoms. The van der Waals surface area contributed by atoms with Gasteiger partial charge in [-0.15, -0.1) is 0 Å². The van der Waals surface area contributed by atoms with E-state index in [1.165, 1.54) is 6.20 Å². The lowest BCUT2D eigenvalue weighted by atomic mass is 10.2. The Balaban J connectivity index is 2.19. The van der Waals surface area contributed by atoms with Crippen LogP contribution in [-0.4, -0.2) is 68.8 Å². The van der Waals surface area contributed by atoms with Crippen molar-refractivity contribution in [3.63, 3.8) is 0 Å². The van der Waals surface area contributed by atoms with Crippen LogP contribution in [0.15, 0.2) is 23.4 Å². The number of nitrogens with one attached hydrogen (secondary N) is 1. The number of piperazine rings is 1. The van der Waals surface area contributed by atoms with E-state index in [0.717, 1.165) is 26.2 Å². The van der Waals surface area contributed by atoms with Gasteiger partial charge in [0, 0.05) is 51.2 Å². The van der Waals surface area contributed by atoms with Gasteiger partial charge in [0.15, 0.2) is 0 Å². The second kappa shape index (κ2) is 7.36. The van der Waals surface area contributed by atoms with Gasteiger partial charge in [-0.2, -0.15) is 0 Å². The molecule has 1 aromatic heterocycles. The van der Waals surface area contributed by atoms with E-state index in [1.54, 1.807) is 26.1 Å². The van der Waals surface area contributed by atoms with Crippen LogP contribution in [0.4, 0.5) is 5.69 Å². The average Bonchev–Trinajstić information content (AvgIpc) is 2.47. The Morgan fingerprint density at radius 3 is 2.59 bits per heavy atom. The fraction of sp³-hybridized carbons (Fsp3) is 0.643. The average molecular weight is 328 g/mol. The molecule has 0 aromatic carbocycles. The molecule has 8 heteroatoms. The number of nitrogens with zero attached hydrogens (tertiary/aromatic N) is 3. The highest BCUT2D eigenvalue weighted by molar-refractivity contribution is 7.89. The quantitative estimate of drug-likeness (QED) is 0.757. The Bertz CT molecular complexity index is 584. The first-order valence-corrected chi connectivity index (χ1v) is 8.97. The van der Waals surface area contributed by atoms with Gasteiger partial charge in [0.2, 0.25) is 10.0 Å². The third-order valence-corrected chi connectivity index (χ3v) is 5.25. The molecule has 2 rings (SSSR count). The van der Waals surface area contributed by atoms with Gasteiger partial charge in [0.25, 0.3) is 0 Å². The Morgan fingerprint density at radius 1 is 1.32 bits per heavy atom. The second-order valence-corrected chi connectivity index (χ2v) is 7.35. The number of aromatic nitrogens is 1. The fourth-order valence-electron chi connectivity index (χ4n) is 2.57. The lowest BCUT2D eigenvalue weighted by Crippen LogP contribution is -2.47. The third kappa shape index (κ3) is 4.16. The molecule has 0 spiro atoms. The molecule has 0 bridgehead atoms. The highest BCUT2D eigenvalue weighted by atomic mass is 32.2. The van der Waals surface area contributed by atoms with Crippen LogP contribution in [0.5, 0.6) is 0 Å². The summed E-state index contributed by atoms with van der Waals surface area (Å²) in [5.41, 5.74) is 0.687. The molecule has 1 aromatic rings. The summed E-state index contributed by atoms with van der Waals surface area (Å²) in [6, 6.07) is 1.58. The molecule has 0 atom stereocenters. The SMILES string of the molecule is CC(C)NS(=O)(=O)c1cnccc1N1CCN(CCO)CC1. The zero-order chi connectivity index (χ0) is 16.2. The van der Waals surface area contributed by atoms with E-state index >= 15 is 0 Å². The van der Waals surface area contributed by atoms with E-state index < -0.39 is 10.0 Å². The molecular formula is C14H24N4O3S. The number of aliphatic hydroxyl groups is 1. The number of rotatable bonds is 6. The Labute approximate surface area is 132 Å². The normalized spacial score (nSPS) is 17.2. The molecule has 2 N–H and O–H groups in total. The molecule has 124 valence electrons. The summed E-state index contributed by atoms with van der Waals surface area (Å²) in [4.78, 5) is 8.42. The number of hydrogen-bond acceptors (Lipinski definition) is 6. The highest BCUT2D eigenvalue weighted by Crippen LogP contribution is 2.25. The molecule has 0 amide bonds. The predicted octanol–water partition coefficient (Wildman–Crippen LogP) is -0.117. The third-order valence-electron chi connectivity index (χ3n) is 3.57. The molecule has 1 aliphatic rings. The summed E-state index contributed by atoms with van der Waals surface area (Å²) in [5, 5.41) is 8.98. The first-order valence-electron chi connectivity index (χ1n) is 7.48. The molecule has 0 unspecified atom stereocenters. The number of anilines is 1. The van der Waals surface area contributed by atoms with Crippen molar-refractivity contribution in [1.29, 1.82) is 0 Å². The summed E-state index contributed by atoms with van der Waals surface area (Å²) in [7, 11) is -3.57. The van der Waals surface area contributed by atoms with Crippen LogP contribution < -0.4 is 9.62 Å². The van der Waals surface area contributed by atoms with E-state index in [1.807, 2.05) is 0 Å². The summed E-state index contributed by atoms with van der Waals surface area (Å²) in [6.45, 7) is 7.46. The largest absolute Gasteiger partial charge is 0.395 e. The minimum atomic E-state index is -3.57. The predicted molar refractivity (Wildman–Crippen MR) is 85.4 cm³/mol. The zero-order valence-electron chi connectivity index (χ0n) is 13.1. The van der Waals surface area contributed by atoms with Crippen LogP contribution in [0.25, 0.3) is 0 Å². The van der Waals surface area contributed by atoms with Crippen molar-refractivity contribution < 1.29 is 13.5 Å². The molecular weight excluding hydrogens is 304 g/mol. The van der Waals surface area contributed by atoms with Crippen molar-refractivity contribution in [3.05, 3.63) is 18.5 Å². The minimum absolute atomic E-state index is 0.146. The Hall–Kier alpha value is -1.22. The lowest BCUT2D eigenvalue weighted by molar-refractivity contribution is 0.188. The molecule has 7 nitrogen and oxygen atoms in total. The molecule has 1 fully saturated rings. The van der Waals surface area contributed by atoms with Crippen molar-refractivity contribution in [3.8, 4) is 0 Å². The summed E-state index contributed by atoms with van der Waals surface area (Å²) >= 11 is 0. The molecule has 1 aliphatic heterocycles. The maximum absolute atomic E-state index is 12.5. The van der Waals surface area contributed by atoms with Gasteiger partial charge in [-0.3, -0.25) is 9.88 Å². The van der Waals surface area contributed by atoms with Crippen molar-refractivity contribution in [1.82, 2.24) is 14.6 Å². The zero-order valence-corrected chi connectivity index (χ0v) is 13.9.